The van der Waals surface area contributed by atoms with Gasteiger partial charge in [0.2, 0.25) is 5.88 Å². The Hall–Kier alpha value is -5.93. The summed E-state index contributed by atoms with van der Waals surface area (Å²) in [7, 11) is 1.59. The van der Waals surface area contributed by atoms with Crippen LogP contribution in [0.25, 0.3) is 22.3 Å². The Labute approximate surface area is 286 Å². The first-order valence-electron chi connectivity index (χ1n) is 15.3. The first-order valence-corrected chi connectivity index (χ1v) is 15.3. The molecule has 1 aliphatic heterocycles. The quantitative estimate of drug-likeness (QED) is 0.124. The first-order chi connectivity index (χ1) is 23.7. The van der Waals surface area contributed by atoms with Gasteiger partial charge in [-0.3, -0.25) is 4.99 Å². The van der Waals surface area contributed by atoms with Gasteiger partial charge in [-0.15, -0.1) is 0 Å². The van der Waals surface area contributed by atoms with E-state index in [0.29, 0.717) is 41.1 Å². The number of aromatic carboxylic acids is 1. The van der Waals surface area contributed by atoms with Gasteiger partial charge in [0.1, 0.15) is 29.9 Å². The molecule has 1 saturated heterocycles. The zero-order chi connectivity index (χ0) is 34.5. The van der Waals surface area contributed by atoms with Crippen molar-refractivity contribution < 1.29 is 32.5 Å². The number of rotatable bonds is 10. The molecule has 0 saturated carbocycles. The van der Waals surface area contributed by atoms with Gasteiger partial charge in [-0.2, -0.15) is 0 Å². The summed E-state index contributed by atoms with van der Waals surface area (Å²) in [4.78, 5) is 24.4. The minimum atomic E-state index is -1.08. The van der Waals surface area contributed by atoms with Crippen molar-refractivity contribution in [1.29, 1.82) is 0 Å². The minimum Gasteiger partial charge on any atom is -0.478 e. The van der Waals surface area contributed by atoms with Gasteiger partial charge in [0.15, 0.2) is 0 Å². The van der Waals surface area contributed by atoms with Crippen molar-refractivity contribution in [3.05, 3.63) is 124 Å². The number of ether oxygens (including phenoxy) is 2. The third-order valence-corrected chi connectivity index (χ3v) is 7.97. The van der Waals surface area contributed by atoms with Gasteiger partial charge in [-0.25, -0.2) is 27.9 Å². The fourth-order valence-corrected chi connectivity index (χ4v) is 5.31. The fraction of sp³-hybridized carbons (Fsp3) is 0.211. The van der Waals surface area contributed by atoms with Crippen LogP contribution < -0.4 is 10.5 Å². The number of allylic oxidation sites excluding steroid dienone is 1. The Bertz CT molecular complexity index is 2180. The molecule has 256 valence electrons. The molecule has 6 rings (SSSR count). The van der Waals surface area contributed by atoms with Gasteiger partial charge < -0.3 is 24.9 Å². The number of hydrogen-bond acceptors (Lipinski definition) is 7. The summed E-state index contributed by atoms with van der Waals surface area (Å²) < 4.78 is 59.0. The molecule has 1 unspecified atom stereocenters. The number of hydrogen-bond donors (Lipinski definition) is 2. The number of nitrogens with zero attached hydrogens (tertiary/aromatic N) is 4. The number of carbonyl (C=O) groups is 1. The van der Waals surface area contributed by atoms with E-state index in [0.717, 1.165) is 18.6 Å². The van der Waals surface area contributed by atoms with E-state index in [1.165, 1.54) is 48.8 Å². The summed E-state index contributed by atoms with van der Waals surface area (Å²) in [5.41, 5.74) is 7.99. The highest BCUT2D eigenvalue weighted by Gasteiger charge is 2.24. The highest BCUT2D eigenvalue weighted by Crippen LogP contribution is 2.29. The van der Waals surface area contributed by atoms with Gasteiger partial charge in [0, 0.05) is 55.2 Å². The lowest BCUT2D eigenvalue weighted by atomic mass is 10.0. The summed E-state index contributed by atoms with van der Waals surface area (Å²) in [6, 6.07) is 15.8. The number of carboxylic acid groups (broad SMARTS) is 1. The second-order valence-electron chi connectivity index (χ2n) is 11.2. The largest absolute Gasteiger partial charge is 0.478 e. The molecule has 1 aliphatic rings. The Kier molecular flexibility index (Phi) is 11.0. The predicted molar refractivity (Wildman–Crippen MR) is 184 cm³/mol. The molecule has 3 N–H and O–H groups in total. The van der Waals surface area contributed by atoms with E-state index < -0.39 is 23.4 Å². The first kappa shape index (κ1) is 35.4. The van der Waals surface area contributed by atoms with Crippen molar-refractivity contribution in [1.82, 2.24) is 14.5 Å². The lowest BCUT2D eigenvalue weighted by Crippen LogP contribution is -2.31. The maximum atomic E-state index is 15.6. The zero-order valence-electron chi connectivity index (χ0n) is 26.3. The van der Waals surface area contributed by atoms with Gasteiger partial charge in [-0.1, -0.05) is 31.4 Å². The molecular formula is C38H34F3N5O4. The number of imidazole rings is 1. The van der Waals surface area contributed by atoms with Crippen molar-refractivity contribution >= 4 is 23.2 Å². The van der Waals surface area contributed by atoms with Crippen LogP contribution in [-0.2, 0) is 24.3 Å². The predicted octanol–water partition coefficient (Wildman–Crippen LogP) is 6.70. The van der Waals surface area contributed by atoms with Crippen LogP contribution in [0.2, 0.25) is 0 Å². The number of nitrogens with two attached hydrogens (primary N) is 1. The van der Waals surface area contributed by atoms with Crippen LogP contribution >= 0.6 is 0 Å². The normalized spacial score (nSPS) is 14.2. The molecule has 0 amide bonds. The molecule has 5 aromatic rings. The third kappa shape index (κ3) is 7.85. The number of benzene rings is 3. The summed E-state index contributed by atoms with van der Waals surface area (Å²) >= 11 is 0. The monoisotopic (exact) mass is 681 g/mol. The molecule has 2 aromatic heterocycles. The Morgan fingerprint density at radius 2 is 1.88 bits per heavy atom. The summed E-state index contributed by atoms with van der Waals surface area (Å²) in [5, 5.41) is 9.49. The summed E-state index contributed by atoms with van der Waals surface area (Å²) in [5.74, 6) is 3.17. The second kappa shape index (κ2) is 15.5. The number of aromatic nitrogens is 3. The van der Waals surface area contributed by atoms with Crippen molar-refractivity contribution in [2.75, 3.05) is 13.7 Å². The molecule has 0 aliphatic carbocycles. The summed E-state index contributed by atoms with van der Waals surface area (Å²) in [6.45, 7) is 0.861. The van der Waals surface area contributed by atoms with E-state index in [1.807, 2.05) is 0 Å². The minimum absolute atomic E-state index is 0. The number of aliphatic imine (C=N–C) groups is 1. The van der Waals surface area contributed by atoms with E-state index in [1.54, 1.807) is 29.8 Å². The molecule has 9 nitrogen and oxygen atoms in total. The van der Waals surface area contributed by atoms with Crippen molar-refractivity contribution in [2.24, 2.45) is 10.7 Å². The molecule has 0 spiro atoms. The van der Waals surface area contributed by atoms with Crippen LogP contribution in [0, 0.1) is 29.3 Å². The van der Waals surface area contributed by atoms with E-state index in [9.17, 15) is 14.3 Å². The van der Waals surface area contributed by atoms with E-state index >= 15 is 8.78 Å². The van der Waals surface area contributed by atoms with E-state index in [4.69, 9.17) is 15.2 Å². The highest BCUT2D eigenvalue weighted by molar-refractivity contribution is 5.92. The van der Waals surface area contributed by atoms with Crippen LogP contribution in [0.4, 0.5) is 13.2 Å². The number of pyridine rings is 1. The Balaban J connectivity index is 0.00000486. The molecule has 3 aromatic carbocycles. The number of fused-ring (bicyclic) bond motifs is 1. The van der Waals surface area contributed by atoms with E-state index in [-0.39, 0.29) is 60.4 Å². The molecule has 12 heteroatoms. The van der Waals surface area contributed by atoms with Gasteiger partial charge in [0.25, 0.3) is 0 Å². The number of halogens is 3. The molecule has 0 radical (unpaired) electrons. The van der Waals surface area contributed by atoms with Crippen molar-refractivity contribution in [2.45, 2.75) is 39.5 Å². The SMILES string of the molecule is C.CN=C/C(C#Cc1ccc(COc2cccc(-c3cc(F)c(Cc4nc5ccc(C(=O)O)cc5n4CC4CCO4)cc3F)n2)c(F)c1)=C\N. The van der Waals surface area contributed by atoms with Gasteiger partial charge in [0.05, 0.1) is 40.5 Å². The lowest BCUT2D eigenvalue weighted by molar-refractivity contribution is -0.0589. The molecule has 1 fully saturated rings. The van der Waals surface area contributed by atoms with Crippen LogP contribution in [-0.4, -0.2) is 51.6 Å². The maximum absolute atomic E-state index is 15.6. The van der Waals surface area contributed by atoms with Crippen LogP contribution in [0.1, 0.15) is 46.7 Å². The molecule has 50 heavy (non-hydrogen) atoms. The highest BCUT2D eigenvalue weighted by atomic mass is 19.1. The average Bonchev–Trinajstić information content (AvgIpc) is 3.41. The van der Waals surface area contributed by atoms with Crippen LogP contribution in [0.5, 0.6) is 5.88 Å². The molecule has 0 bridgehead atoms. The lowest BCUT2D eigenvalue weighted by Gasteiger charge is -2.27. The van der Waals surface area contributed by atoms with Gasteiger partial charge >= 0.3 is 5.97 Å². The zero-order valence-corrected chi connectivity index (χ0v) is 26.3. The standard InChI is InChI=1S/C37H30F3N5O4.CH4/c1-42-19-23(18-41)6-5-22-7-8-25(29(38)13-22)21-49-36-4-2-3-32(44-36)28-17-30(39)26(14-31(28)40)16-35-43-33-10-9-24(37(46)47)15-34(33)45(35)20-27-11-12-48-27;/h2-4,7-10,13-15,17-19,27H,11-12,16,20-21,41H2,1H3,(H,46,47);1H4/b23-18-,42-19?;. The number of carboxylic acids is 1. The molecular weight excluding hydrogens is 647 g/mol. The van der Waals surface area contributed by atoms with Crippen molar-refractivity contribution in [3.63, 3.8) is 0 Å². The Morgan fingerprint density at radius 3 is 2.58 bits per heavy atom. The summed E-state index contributed by atoms with van der Waals surface area (Å²) in [6.07, 6.45) is 3.49. The third-order valence-electron chi connectivity index (χ3n) is 7.97. The molecule has 1 atom stereocenters. The second-order valence-corrected chi connectivity index (χ2v) is 11.2. The average molecular weight is 682 g/mol. The fourth-order valence-electron chi connectivity index (χ4n) is 5.31. The van der Waals surface area contributed by atoms with Crippen LogP contribution in [0.3, 0.4) is 0 Å². The topological polar surface area (TPSA) is 125 Å². The van der Waals surface area contributed by atoms with Gasteiger partial charge in [-0.05, 0) is 60.5 Å². The smallest absolute Gasteiger partial charge is 0.335 e. The maximum Gasteiger partial charge on any atom is 0.335 e. The van der Waals surface area contributed by atoms with Crippen molar-refractivity contribution in [3.8, 4) is 29.0 Å². The molecule has 3 heterocycles. The van der Waals surface area contributed by atoms with Crippen LogP contribution in [0.15, 0.2) is 83.5 Å². The Morgan fingerprint density at radius 1 is 1.08 bits per heavy atom. The van der Waals surface area contributed by atoms with E-state index in [2.05, 4.69) is 26.8 Å².